The Bertz CT molecular complexity index is 1190. The lowest BCUT2D eigenvalue weighted by Crippen LogP contribution is -2.47. The van der Waals surface area contributed by atoms with Crippen molar-refractivity contribution in [2.75, 3.05) is 7.11 Å². The molecule has 6 nitrogen and oxygen atoms in total. The SMILES string of the molecule is COC(=O)c1ccc([C@@H](C(=O)NC2CCCCC2)N(Cc2ccc(F)cc2)C(=O)Cc2cccs2)cc1. The highest BCUT2D eigenvalue weighted by Gasteiger charge is 2.33. The van der Waals surface area contributed by atoms with Crippen LogP contribution in [0.4, 0.5) is 4.39 Å². The zero-order valence-electron chi connectivity index (χ0n) is 20.8. The minimum atomic E-state index is -0.925. The number of hydrogen-bond acceptors (Lipinski definition) is 5. The van der Waals surface area contributed by atoms with Crippen molar-refractivity contribution < 1.29 is 23.5 Å². The lowest BCUT2D eigenvalue weighted by molar-refractivity contribution is -0.141. The maximum absolute atomic E-state index is 13.8. The molecule has 1 atom stereocenters. The van der Waals surface area contributed by atoms with E-state index >= 15 is 0 Å². The fourth-order valence-electron chi connectivity index (χ4n) is 4.69. The molecule has 1 aliphatic rings. The number of ether oxygens (including phenoxy) is 1. The van der Waals surface area contributed by atoms with E-state index in [2.05, 4.69) is 5.32 Å². The summed E-state index contributed by atoms with van der Waals surface area (Å²) in [5.74, 6) is -1.33. The first-order valence-electron chi connectivity index (χ1n) is 12.5. The van der Waals surface area contributed by atoms with Crippen LogP contribution in [-0.2, 0) is 27.3 Å². The first-order valence-corrected chi connectivity index (χ1v) is 13.4. The average molecular weight is 523 g/mol. The highest BCUT2D eigenvalue weighted by atomic mass is 32.1. The van der Waals surface area contributed by atoms with Crippen molar-refractivity contribution in [3.63, 3.8) is 0 Å². The number of carbonyl (C=O) groups excluding carboxylic acids is 3. The maximum Gasteiger partial charge on any atom is 0.337 e. The second-order valence-electron chi connectivity index (χ2n) is 9.26. The predicted octanol–water partition coefficient (Wildman–Crippen LogP) is 5.44. The molecule has 1 saturated carbocycles. The number of carbonyl (C=O) groups is 3. The van der Waals surface area contributed by atoms with Crippen molar-refractivity contribution in [3.8, 4) is 0 Å². The molecule has 0 radical (unpaired) electrons. The summed E-state index contributed by atoms with van der Waals surface area (Å²) < 4.78 is 18.4. The van der Waals surface area contributed by atoms with Gasteiger partial charge in [0.15, 0.2) is 0 Å². The molecule has 0 bridgehead atoms. The van der Waals surface area contributed by atoms with Crippen molar-refractivity contribution in [2.45, 2.75) is 57.2 Å². The number of halogens is 1. The van der Waals surface area contributed by atoms with Gasteiger partial charge in [-0.3, -0.25) is 9.59 Å². The van der Waals surface area contributed by atoms with E-state index in [1.54, 1.807) is 41.3 Å². The Balaban J connectivity index is 1.70. The summed E-state index contributed by atoms with van der Waals surface area (Å²) in [6.45, 7) is 0.131. The van der Waals surface area contributed by atoms with E-state index < -0.39 is 12.0 Å². The van der Waals surface area contributed by atoms with Gasteiger partial charge in [-0.25, -0.2) is 9.18 Å². The topological polar surface area (TPSA) is 75.7 Å². The minimum absolute atomic E-state index is 0.0539. The number of nitrogens with zero attached hydrogens (tertiary/aromatic N) is 1. The Morgan fingerprint density at radius 3 is 2.35 bits per heavy atom. The first-order chi connectivity index (χ1) is 17.9. The Hall–Kier alpha value is -3.52. The Labute approximate surface area is 220 Å². The average Bonchev–Trinajstić information content (AvgIpc) is 3.43. The van der Waals surface area contributed by atoms with E-state index in [4.69, 9.17) is 4.74 Å². The highest BCUT2D eigenvalue weighted by Crippen LogP contribution is 2.28. The Kier molecular flexibility index (Phi) is 9.06. The van der Waals surface area contributed by atoms with Crippen LogP contribution in [-0.4, -0.2) is 35.8 Å². The lowest BCUT2D eigenvalue weighted by atomic mass is 9.94. The summed E-state index contributed by atoms with van der Waals surface area (Å²) in [6.07, 6.45) is 5.22. The van der Waals surface area contributed by atoms with Gasteiger partial charge in [0, 0.05) is 17.5 Å². The predicted molar refractivity (Wildman–Crippen MR) is 141 cm³/mol. The smallest absolute Gasteiger partial charge is 0.337 e. The highest BCUT2D eigenvalue weighted by molar-refractivity contribution is 7.10. The molecule has 0 aliphatic heterocycles. The molecular weight excluding hydrogens is 491 g/mol. The second kappa shape index (κ2) is 12.6. The van der Waals surface area contributed by atoms with E-state index in [1.807, 2.05) is 17.5 Å². The van der Waals surface area contributed by atoms with Crippen molar-refractivity contribution in [1.29, 1.82) is 0 Å². The number of nitrogens with one attached hydrogen (secondary N) is 1. The van der Waals surface area contributed by atoms with E-state index in [-0.39, 0.29) is 36.6 Å². The van der Waals surface area contributed by atoms with Crippen molar-refractivity contribution >= 4 is 29.1 Å². The van der Waals surface area contributed by atoms with Crippen LogP contribution in [0, 0.1) is 5.82 Å². The summed E-state index contributed by atoms with van der Waals surface area (Å²) >= 11 is 1.48. The molecule has 1 fully saturated rings. The number of methoxy groups -OCH3 is 1. The number of hydrogen-bond donors (Lipinski definition) is 1. The van der Waals surface area contributed by atoms with Crippen LogP contribution in [0.1, 0.15) is 64.5 Å². The van der Waals surface area contributed by atoms with Gasteiger partial charge in [0.05, 0.1) is 19.1 Å². The van der Waals surface area contributed by atoms with Crippen LogP contribution in [0.25, 0.3) is 0 Å². The van der Waals surface area contributed by atoms with Gasteiger partial charge in [-0.1, -0.05) is 49.6 Å². The van der Waals surface area contributed by atoms with E-state index in [9.17, 15) is 18.8 Å². The summed E-state index contributed by atoms with van der Waals surface area (Å²) in [5.41, 5.74) is 1.65. The number of amides is 2. The molecule has 0 unspecified atom stereocenters. The molecule has 1 aliphatic carbocycles. The monoisotopic (exact) mass is 522 g/mol. The molecule has 37 heavy (non-hydrogen) atoms. The molecule has 0 saturated heterocycles. The quantitative estimate of drug-likeness (QED) is 0.380. The third-order valence-electron chi connectivity index (χ3n) is 6.65. The first kappa shape index (κ1) is 26.5. The molecule has 1 heterocycles. The van der Waals surface area contributed by atoms with Gasteiger partial charge in [0.25, 0.3) is 0 Å². The summed E-state index contributed by atoms with van der Waals surface area (Å²) in [7, 11) is 1.31. The van der Waals surface area contributed by atoms with Gasteiger partial charge >= 0.3 is 5.97 Å². The standard InChI is InChI=1S/C29H31FN2O4S/c1-36-29(35)22-13-11-21(12-14-22)27(28(34)31-24-6-3-2-4-7-24)32(19-20-9-15-23(30)16-10-20)26(33)18-25-8-5-17-37-25/h5,8-17,24,27H,2-4,6-7,18-19H2,1H3,(H,31,34)/t27-/m0/s1. The second-order valence-corrected chi connectivity index (χ2v) is 10.3. The van der Waals surface area contributed by atoms with E-state index in [1.165, 1.54) is 30.6 Å². The fourth-order valence-corrected chi connectivity index (χ4v) is 5.39. The van der Waals surface area contributed by atoms with Gasteiger partial charge in [0.1, 0.15) is 11.9 Å². The van der Waals surface area contributed by atoms with Crippen LogP contribution in [0.5, 0.6) is 0 Å². The zero-order valence-corrected chi connectivity index (χ0v) is 21.6. The van der Waals surface area contributed by atoms with Crippen molar-refractivity contribution in [2.24, 2.45) is 0 Å². The number of thiophene rings is 1. The maximum atomic E-state index is 13.8. The molecule has 2 aromatic carbocycles. The van der Waals surface area contributed by atoms with Gasteiger partial charge in [0.2, 0.25) is 11.8 Å². The molecule has 2 amide bonds. The van der Waals surface area contributed by atoms with Crippen molar-refractivity contribution in [1.82, 2.24) is 10.2 Å². The van der Waals surface area contributed by atoms with Crippen molar-refractivity contribution in [3.05, 3.63) is 93.4 Å². The van der Waals surface area contributed by atoms with Crippen LogP contribution in [0.3, 0.4) is 0 Å². The number of rotatable bonds is 9. The third-order valence-corrected chi connectivity index (χ3v) is 7.53. The van der Waals surface area contributed by atoms with Gasteiger partial charge < -0.3 is 15.0 Å². The number of esters is 1. The summed E-state index contributed by atoms with van der Waals surface area (Å²) in [6, 6.07) is 15.4. The summed E-state index contributed by atoms with van der Waals surface area (Å²) in [4.78, 5) is 42.0. The fraction of sp³-hybridized carbons (Fsp3) is 0.345. The van der Waals surface area contributed by atoms with Gasteiger partial charge in [-0.15, -0.1) is 11.3 Å². The largest absolute Gasteiger partial charge is 0.465 e. The van der Waals surface area contributed by atoms with Gasteiger partial charge in [-0.05, 0) is 59.7 Å². The molecule has 8 heteroatoms. The molecule has 1 aromatic heterocycles. The Morgan fingerprint density at radius 1 is 1.03 bits per heavy atom. The van der Waals surface area contributed by atoms with E-state index in [0.717, 1.165) is 37.0 Å². The summed E-state index contributed by atoms with van der Waals surface area (Å²) in [5, 5.41) is 5.08. The van der Waals surface area contributed by atoms with Gasteiger partial charge in [-0.2, -0.15) is 0 Å². The molecule has 4 rings (SSSR count). The Morgan fingerprint density at radius 2 is 1.73 bits per heavy atom. The lowest BCUT2D eigenvalue weighted by Gasteiger charge is -2.33. The molecular formula is C29H31FN2O4S. The van der Waals surface area contributed by atoms with Crippen LogP contribution >= 0.6 is 11.3 Å². The van der Waals surface area contributed by atoms with Crippen LogP contribution in [0.2, 0.25) is 0 Å². The van der Waals surface area contributed by atoms with Crippen LogP contribution in [0.15, 0.2) is 66.0 Å². The third kappa shape index (κ3) is 7.04. The number of benzene rings is 2. The zero-order chi connectivity index (χ0) is 26.2. The van der Waals surface area contributed by atoms with Crippen LogP contribution < -0.4 is 5.32 Å². The normalized spacial score (nSPS) is 14.5. The molecule has 194 valence electrons. The minimum Gasteiger partial charge on any atom is -0.465 e. The van der Waals surface area contributed by atoms with E-state index in [0.29, 0.717) is 16.7 Å². The molecule has 0 spiro atoms. The molecule has 3 aromatic rings. The molecule has 1 N–H and O–H groups in total.